The number of aromatic nitrogens is 2. The second kappa shape index (κ2) is 3.33. The molecule has 0 N–H and O–H groups in total. The van der Waals surface area contributed by atoms with E-state index < -0.39 is 0 Å². The summed E-state index contributed by atoms with van der Waals surface area (Å²) in [4.78, 5) is 4.71. The van der Waals surface area contributed by atoms with Crippen LogP contribution < -0.4 is 0 Å². The number of hydrogen-bond acceptors (Lipinski definition) is 1. The second-order valence-corrected chi connectivity index (χ2v) is 4.65. The van der Waals surface area contributed by atoms with E-state index in [0.717, 1.165) is 11.2 Å². The lowest BCUT2D eigenvalue weighted by molar-refractivity contribution is 0.951. The Bertz CT molecular complexity index is 842. The van der Waals surface area contributed by atoms with Crippen molar-refractivity contribution >= 4 is 21.8 Å². The van der Waals surface area contributed by atoms with Crippen molar-refractivity contribution in [1.82, 2.24) is 9.55 Å². The number of nitrogens with zero attached hydrogens (tertiary/aromatic N) is 2. The number of pyridine rings is 1. The van der Waals surface area contributed by atoms with Crippen molar-refractivity contribution < 1.29 is 0 Å². The van der Waals surface area contributed by atoms with Gasteiger partial charge in [-0.3, -0.25) is 0 Å². The molecule has 0 aliphatic carbocycles. The van der Waals surface area contributed by atoms with Crippen molar-refractivity contribution in [1.29, 1.82) is 0 Å². The first-order valence-electron chi connectivity index (χ1n) is 6.07. The molecule has 4 rings (SSSR count). The fourth-order valence-corrected chi connectivity index (χ4v) is 2.73. The maximum absolute atomic E-state index is 4.71. The van der Waals surface area contributed by atoms with Crippen LogP contribution in [-0.2, 0) is 7.05 Å². The Morgan fingerprint density at radius 1 is 0.889 bits per heavy atom. The minimum absolute atomic E-state index is 1.07. The maximum Gasteiger partial charge on any atom is 0.0885 e. The summed E-state index contributed by atoms with van der Waals surface area (Å²) >= 11 is 0. The fraction of sp³-hybridized carbons (Fsp3) is 0.0625. The van der Waals surface area contributed by atoms with Gasteiger partial charge in [0.2, 0.25) is 0 Å². The van der Waals surface area contributed by atoms with Crippen molar-refractivity contribution in [2.45, 2.75) is 0 Å². The normalized spacial score (nSPS) is 11.6. The summed E-state index contributed by atoms with van der Waals surface area (Å²) in [7, 11) is 2.07. The molecule has 2 aromatic rings. The van der Waals surface area contributed by atoms with Crippen molar-refractivity contribution in [3.8, 4) is 11.3 Å². The number of aryl methyl sites for hydroxylation is 1. The predicted molar refractivity (Wildman–Crippen MR) is 74.8 cm³/mol. The highest BCUT2D eigenvalue weighted by Crippen LogP contribution is 2.36. The minimum Gasteiger partial charge on any atom is -0.348 e. The highest BCUT2D eigenvalue weighted by atomic mass is 14.9. The maximum atomic E-state index is 4.71. The van der Waals surface area contributed by atoms with E-state index in [1.807, 2.05) is 6.07 Å². The molecule has 2 nitrogen and oxygen atoms in total. The van der Waals surface area contributed by atoms with Gasteiger partial charge in [-0.25, -0.2) is 4.98 Å². The van der Waals surface area contributed by atoms with E-state index in [0.29, 0.717) is 0 Å². The molecule has 0 saturated heterocycles. The molecule has 0 unspecified atom stereocenters. The zero-order valence-corrected chi connectivity index (χ0v) is 10.1. The molecule has 2 aromatic carbocycles. The van der Waals surface area contributed by atoms with Crippen molar-refractivity contribution in [2.75, 3.05) is 0 Å². The van der Waals surface area contributed by atoms with E-state index in [4.69, 9.17) is 4.98 Å². The van der Waals surface area contributed by atoms with Crippen molar-refractivity contribution in [3.05, 3.63) is 54.7 Å². The van der Waals surface area contributed by atoms with E-state index >= 15 is 0 Å². The number of fused-ring (bicyclic) bond motifs is 5. The van der Waals surface area contributed by atoms with Crippen LogP contribution in [0.15, 0.2) is 54.7 Å². The third-order valence-electron chi connectivity index (χ3n) is 3.54. The Morgan fingerprint density at radius 3 is 2.50 bits per heavy atom. The highest BCUT2D eigenvalue weighted by molar-refractivity contribution is 6.09. The average molecular weight is 232 g/mol. The summed E-state index contributed by atoms with van der Waals surface area (Å²) in [6.07, 6.45) is 2.11. The van der Waals surface area contributed by atoms with Gasteiger partial charge in [0, 0.05) is 35.1 Å². The summed E-state index contributed by atoms with van der Waals surface area (Å²) < 4.78 is 2.14. The average Bonchev–Trinajstić information content (AvgIpc) is 2.77. The smallest absolute Gasteiger partial charge is 0.0885 e. The summed E-state index contributed by atoms with van der Waals surface area (Å²) in [6, 6.07) is 16.8. The summed E-state index contributed by atoms with van der Waals surface area (Å²) in [6.45, 7) is 0. The minimum atomic E-state index is 1.07. The van der Waals surface area contributed by atoms with Gasteiger partial charge in [0.05, 0.1) is 11.2 Å². The molecule has 0 saturated carbocycles. The monoisotopic (exact) mass is 232 g/mol. The third kappa shape index (κ3) is 1.15. The molecular weight excluding hydrogens is 220 g/mol. The number of para-hydroxylation sites is 2. The van der Waals surface area contributed by atoms with Gasteiger partial charge in [-0.2, -0.15) is 0 Å². The van der Waals surface area contributed by atoms with Gasteiger partial charge < -0.3 is 4.57 Å². The molecule has 0 amide bonds. The lowest BCUT2D eigenvalue weighted by atomic mass is 10.0. The molecule has 0 bridgehead atoms. The van der Waals surface area contributed by atoms with Crippen LogP contribution in [0.3, 0.4) is 0 Å². The van der Waals surface area contributed by atoms with Crippen LogP contribution in [0.25, 0.3) is 33.1 Å². The van der Waals surface area contributed by atoms with Crippen LogP contribution in [0.2, 0.25) is 0 Å². The Balaban J connectivity index is 2.35. The van der Waals surface area contributed by atoms with E-state index in [9.17, 15) is 0 Å². The third-order valence-corrected chi connectivity index (χ3v) is 3.54. The van der Waals surface area contributed by atoms with Crippen LogP contribution in [0.1, 0.15) is 0 Å². The van der Waals surface area contributed by atoms with Crippen LogP contribution in [0.4, 0.5) is 0 Å². The lowest BCUT2D eigenvalue weighted by Crippen LogP contribution is -1.95. The lowest BCUT2D eigenvalue weighted by Gasteiger charge is -2.10. The van der Waals surface area contributed by atoms with Gasteiger partial charge in [-0.15, -0.1) is 0 Å². The highest BCUT2D eigenvalue weighted by Gasteiger charge is 2.15. The number of benzene rings is 2. The molecule has 2 aliphatic rings. The molecular formula is C16H12N2. The fourth-order valence-electron chi connectivity index (χ4n) is 2.73. The van der Waals surface area contributed by atoms with Gasteiger partial charge >= 0.3 is 0 Å². The summed E-state index contributed by atoms with van der Waals surface area (Å²) in [5.74, 6) is 0. The largest absolute Gasteiger partial charge is 0.348 e. The van der Waals surface area contributed by atoms with Crippen LogP contribution >= 0.6 is 0 Å². The molecule has 0 aromatic heterocycles. The number of hydrogen-bond donors (Lipinski definition) is 0. The first-order valence-corrected chi connectivity index (χ1v) is 6.07. The van der Waals surface area contributed by atoms with Crippen molar-refractivity contribution in [3.63, 3.8) is 0 Å². The van der Waals surface area contributed by atoms with Crippen LogP contribution in [0, 0.1) is 0 Å². The quantitative estimate of drug-likeness (QED) is 0.450. The molecule has 18 heavy (non-hydrogen) atoms. The van der Waals surface area contributed by atoms with Crippen molar-refractivity contribution in [2.24, 2.45) is 7.05 Å². The second-order valence-electron chi connectivity index (χ2n) is 4.65. The Hall–Kier alpha value is -2.35. The molecule has 0 radical (unpaired) electrons. The van der Waals surface area contributed by atoms with Crippen LogP contribution in [-0.4, -0.2) is 9.55 Å². The van der Waals surface area contributed by atoms with E-state index in [1.54, 1.807) is 0 Å². The van der Waals surface area contributed by atoms with Gasteiger partial charge in [0.1, 0.15) is 0 Å². The predicted octanol–water partition coefficient (Wildman–Crippen LogP) is 3.83. The molecule has 86 valence electrons. The van der Waals surface area contributed by atoms with E-state index in [-0.39, 0.29) is 0 Å². The molecule has 2 heteroatoms. The first-order chi connectivity index (χ1) is 8.84. The number of rotatable bonds is 0. The Morgan fingerprint density at radius 2 is 1.61 bits per heavy atom. The van der Waals surface area contributed by atoms with E-state index in [2.05, 4.69) is 60.3 Å². The zero-order valence-electron chi connectivity index (χ0n) is 10.1. The molecule has 2 heterocycles. The van der Waals surface area contributed by atoms with E-state index in [1.165, 1.54) is 21.9 Å². The van der Waals surface area contributed by atoms with Gasteiger partial charge in [0.15, 0.2) is 0 Å². The zero-order chi connectivity index (χ0) is 12.1. The summed E-state index contributed by atoms with van der Waals surface area (Å²) in [5, 5.41) is 2.51. The van der Waals surface area contributed by atoms with Gasteiger partial charge in [-0.1, -0.05) is 36.4 Å². The standard InChI is InChI=1S/C16H12N2/c1-18-10-14-16(12-7-3-5-9-15(12)18)11-6-2-4-8-13(11)17-14/h2-10H,1H3. The van der Waals surface area contributed by atoms with Crippen LogP contribution in [0.5, 0.6) is 0 Å². The van der Waals surface area contributed by atoms with Gasteiger partial charge in [-0.05, 0) is 12.1 Å². The Labute approximate surface area is 105 Å². The first kappa shape index (κ1) is 9.66. The topological polar surface area (TPSA) is 17.8 Å². The Kier molecular flexibility index (Phi) is 1.78. The SMILES string of the molecule is Cn1cc2nc3ccccc3c-2c2ccccc21. The molecule has 2 aliphatic heterocycles. The summed E-state index contributed by atoms with van der Waals surface area (Å²) in [5.41, 5.74) is 4.64. The molecule has 0 fully saturated rings. The molecule has 0 atom stereocenters. The molecule has 0 spiro atoms. The van der Waals surface area contributed by atoms with Gasteiger partial charge in [0.25, 0.3) is 0 Å².